The second-order valence-corrected chi connectivity index (χ2v) is 6.91. The third-order valence-corrected chi connectivity index (χ3v) is 5.29. The first-order chi connectivity index (χ1) is 10.6. The maximum absolute atomic E-state index is 12.3. The summed E-state index contributed by atoms with van der Waals surface area (Å²) in [6.07, 6.45) is 4.88. The Labute approximate surface area is 157 Å². The second-order valence-electron chi connectivity index (χ2n) is 6.91. The van der Waals surface area contributed by atoms with E-state index in [-0.39, 0.29) is 30.7 Å². The molecule has 3 rings (SSSR count). The fourth-order valence-corrected chi connectivity index (χ4v) is 3.67. The Morgan fingerprint density at radius 1 is 1.25 bits per heavy atom. The lowest BCUT2D eigenvalue weighted by molar-refractivity contribution is -0.126. The van der Waals surface area contributed by atoms with Gasteiger partial charge in [0.15, 0.2) is 0 Å². The molecule has 1 fully saturated rings. The van der Waals surface area contributed by atoms with Crippen LogP contribution in [0.15, 0.2) is 24.3 Å². The summed E-state index contributed by atoms with van der Waals surface area (Å²) < 4.78 is 0. The van der Waals surface area contributed by atoms with Gasteiger partial charge in [0.25, 0.3) is 0 Å². The standard InChI is InChI=1S/C18H27N3O.2ClH/c1-14(12-20-17(22)18(19)9-4-5-10-18)21-11-8-15-6-2-3-7-16(15)13-21;;/h2-3,6-7,14H,4-5,8-13,19H2,1H3,(H,20,22);2*1H. The zero-order valence-electron chi connectivity index (χ0n) is 14.3. The monoisotopic (exact) mass is 373 g/mol. The molecule has 0 aromatic heterocycles. The number of fused-ring (bicyclic) bond motifs is 1. The zero-order chi connectivity index (χ0) is 15.6. The van der Waals surface area contributed by atoms with Crippen LogP contribution in [0.2, 0.25) is 0 Å². The van der Waals surface area contributed by atoms with Crippen molar-refractivity contribution in [1.82, 2.24) is 10.2 Å². The SMILES string of the molecule is CC(CNC(=O)C1(N)CCCC1)N1CCc2ccccc2C1.Cl.Cl. The van der Waals surface area contributed by atoms with E-state index in [0.29, 0.717) is 12.6 Å². The molecule has 0 spiro atoms. The van der Waals surface area contributed by atoms with Gasteiger partial charge in [0, 0.05) is 25.7 Å². The summed E-state index contributed by atoms with van der Waals surface area (Å²) in [5, 5.41) is 3.08. The predicted octanol–water partition coefficient (Wildman–Crippen LogP) is 2.66. The summed E-state index contributed by atoms with van der Waals surface area (Å²) in [7, 11) is 0. The number of hydrogen-bond donors (Lipinski definition) is 2. The van der Waals surface area contributed by atoms with E-state index in [2.05, 4.69) is 41.4 Å². The molecule has 136 valence electrons. The smallest absolute Gasteiger partial charge is 0.240 e. The van der Waals surface area contributed by atoms with Crippen LogP contribution in [0.1, 0.15) is 43.7 Å². The van der Waals surface area contributed by atoms with Crippen LogP contribution in [0.4, 0.5) is 0 Å². The summed E-state index contributed by atoms with van der Waals surface area (Å²) in [5.74, 6) is 0.0364. The lowest BCUT2D eigenvalue weighted by Crippen LogP contribution is -2.54. The van der Waals surface area contributed by atoms with Crippen molar-refractivity contribution in [3.8, 4) is 0 Å². The van der Waals surface area contributed by atoms with Gasteiger partial charge in [-0.3, -0.25) is 9.69 Å². The molecule has 6 heteroatoms. The van der Waals surface area contributed by atoms with Crippen LogP contribution in [0.3, 0.4) is 0 Å². The van der Waals surface area contributed by atoms with Crippen molar-refractivity contribution in [1.29, 1.82) is 0 Å². The Morgan fingerprint density at radius 2 is 1.88 bits per heavy atom. The van der Waals surface area contributed by atoms with Crippen molar-refractivity contribution < 1.29 is 4.79 Å². The van der Waals surface area contributed by atoms with Crippen molar-refractivity contribution in [2.45, 2.75) is 57.2 Å². The van der Waals surface area contributed by atoms with E-state index >= 15 is 0 Å². The largest absolute Gasteiger partial charge is 0.353 e. The molecule has 0 radical (unpaired) electrons. The molecule has 0 bridgehead atoms. The summed E-state index contributed by atoms with van der Waals surface area (Å²) in [6.45, 7) is 4.90. The number of benzene rings is 1. The highest BCUT2D eigenvalue weighted by Gasteiger charge is 2.37. The summed E-state index contributed by atoms with van der Waals surface area (Å²) in [5.41, 5.74) is 8.46. The molecule has 1 aromatic carbocycles. The molecule has 1 heterocycles. The van der Waals surface area contributed by atoms with Gasteiger partial charge in [0.2, 0.25) is 5.91 Å². The summed E-state index contributed by atoms with van der Waals surface area (Å²) >= 11 is 0. The van der Waals surface area contributed by atoms with Crippen LogP contribution >= 0.6 is 24.8 Å². The van der Waals surface area contributed by atoms with Crippen LogP contribution in [-0.2, 0) is 17.8 Å². The van der Waals surface area contributed by atoms with E-state index in [4.69, 9.17) is 5.73 Å². The number of carbonyl (C=O) groups excluding carboxylic acids is 1. The topological polar surface area (TPSA) is 58.4 Å². The van der Waals surface area contributed by atoms with Crippen LogP contribution < -0.4 is 11.1 Å². The van der Waals surface area contributed by atoms with E-state index < -0.39 is 5.54 Å². The number of halogens is 2. The number of hydrogen-bond acceptors (Lipinski definition) is 3. The molecule has 3 N–H and O–H groups in total. The van der Waals surface area contributed by atoms with Crippen molar-refractivity contribution in [2.75, 3.05) is 13.1 Å². The molecular weight excluding hydrogens is 345 g/mol. The fourth-order valence-electron chi connectivity index (χ4n) is 3.67. The first-order valence-electron chi connectivity index (χ1n) is 8.46. The van der Waals surface area contributed by atoms with Crippen molar-refractivity contribution in [3.63, 3.8) is 0 Å². The molecule has 24 heavy (non-hydrogen) atoms. The third-order valence-electron chi connectivity index (χ3n) is 5.29. The highest BCUT2D eigenvalue weighted by Crippen LogP contribution is 2.27. The second kappa shape index (κ2) is 9.04. The minimum Gasteiger partial charge on any atom is -0.353 e. The van der Waals surface area contributed by atoms with Gasteiger partial charge in [-0.15, -0.1) is 24.8 Å². The minimum atomic E-state index is -0.617. The Morgan fingerprint density at radius 3 is 2.54 bits per heavy atom. The van der Waals surface area contributed by atoms with Crippen LogP contribution in [0, 0.1) is 0 Å². The molecule has 0 saturated heterocycles. The van der Waals surface area contributed by atoms with Crippen LogP contribution in [0.5, 0.6) is 0 Å². The van der Waals surface area contributed by atoms with Crippen LogP contribution in [0.25, 0.3) is 0 Å². The Hall–Kier alpha value is -0.810. The number of nitrogens with one attached hydrogen (secondary N) is 1. The maximum Gasteiger partial charge on any atom is 0.240 e. The van der Waals surface area contributed by atoms with E-state index in [1.165, 1.54) is 11.1 Å². The number of carbonyl (C=O) groups is 1. The van der Waals surface area contributed by atoms with Gasteiger partial charge in [-0.05, 0) is 37.3 Å². The lowest BCUT2D eigenvalue weighted by Gasteiger charge is -2.34. The van der Waals surface area contributed by atoms with Crippen molar-refractivity contribution in [2.24, 2.45) is 5.73 Å². The molecular formula is C18H29Cl2N3O. The van der Waals surface area contributed by atoms with Gasteiger partial charge in [-0.25, -0.2) is 0 Å². The van der Waals surface area contributed by atoms with Gasteiger partial charge < -0.3 is 11.1 Å². The van der Waals surface area contributed by atoms with Crippen molar-refractivity contribution in [3.05, 3.63) is 35.4 Å². The number of nitrogens with zero attached hydrogens (tertiary/aromatic N) is 1. The van der Waals surface area contributed by atoms with Gasteiger partial charge in [-0.2, -0.15) is 0 Å². The Kier molecular flexibility index (Phi) is 8.00. The molecule has 1 unspecified atom stereocenters. The molecule has 1 amide bonds. The lowest BCUT2D eigenvalue weighted by atomic mass is 9.97. The van der Waals surface area contributed by atoms with Crippen LogP contribution in [-0.4, -0.2) is 35.5 Å². The molecule has 1 atom stereocenters. The first kappa shape index (κ1) is 21.2. The highest BCUT2D eigenvalue weighted by molar-refractivity contribution is 5.86. The number of nitrogens with two attached hydrogens (primary N) is 1. The van der Waals surface area contributed by atoms with E-state index in [0.717, 1.165) is 45.2 Å². The molecule has 1 saturated carbocycles. The molecule has 1 aliphatic heterocycles. The average Bonchev–Trinajstić information content (AvgIpc) is 2.99. The molecule has 2 aliphatic rings. The fraction of sp³-hybridized carbons (Fsp3) is 0.611. The number of amides is 1. The third kappa shape index (κ3) is 4.63. The van der Waals surface area contributed by atoms with Gasteiger partial charge in [0.05, 0.1) is 5.54 Å². The Bertz CT molecular complexity index is 547. The quantitative estimate of drug-likeness (QED) is 0.852. The van der Waals surface area contributed by atoms with Crippen molar-refractivity contribution >= 4 is 30.7 Å². The number of rotatable bonds is 4. The first-order valence-corrected chi connectivity index (χ1v) is 8.46. The highest BCUT2D eigenvalue weighted by atomic mass is 35.5. The van der Waals surface area contributed by atoms with E-state index in [9.17, 15) is 4.79 Å². The van der Waals surface area contributed by atoms with Gasteiger partial charge in [-0.1, -0.05) is 37.1 Å². The maximum atomic E-state index is 12.3. The molecule has 1 aromatic rings. The van der Waals surface area contributed by atoms with Gasteiger partial charge in [0.1, 0.15) is 0 Å². The zero-order valence-corrected chi connectivity index (χ0v) is 15.9. The summed E-state index contributed by atoms with van der Waals surface area (Å²) in [4.78, 5) is 14.7. The van der Waals surface area contributed by atoms with E-state index in [1.54, 1.807) is 0 Å². The summed E-state index contributed by atoms with van der Waals surface area (Å²) in [6, 6.07) is 8.98. The Balaban J connectivity index is 0.00000144. The molecule has 4 nitrogen and oxygen atoms in total. The molecule has 1 aliphatic carbocycles. The normalized spacial score (nSPS) is 20.2. The minimum absolute atomic E-state index is 0. The predicted molar refractivity (Wildman–Crippen MR) is 103 cm³/mol. The van der Waals surface area contributed by atoms with Gasteiger partial charge >= 0.3 is 0 Å². The average molecular weight is 374 g/mol. The van der Waals surface area contributed by atoms with E-state index in [1.807, 2.05) is 0 Å².